The van der Waals surface area contributed by atoms with Crippen LogP contribution in [0.3, 0.4) is 0 Å². The first-order chi connectivity index (χ1) is 10.0. The minimum Gasteiger partial charge on any atom is -0.478 e. The number of benzene rings is 2. The second kappa shape index (κ2) is 6.50. The third kappa shape index (κ3) is 3.67. The molecule has 2 rings (SSSR count). The Labute approximate surface area is 128 Å². The highest BCUT2D eigenvalue weighted by molar-refractivity contribution is 6.30. The summed E-state index contributed by atoms with van der Waals surface area (Å²) in [4.78, 5) is 13.0. The molecule has 0 amide bonds. The van der Waals surface area contributed by atoms with Gasteiger partial charge in [-0.3, -0.25) is 0 Å². The van der Waals surface area contributed by atoms with Crippen LogP contribution in [0.2, 0.25) is 5.02 Å². The van der Waals surface area contributed by atoms with Gasteiger partial charge in [0, 0.05) is 18.1 Å². The van der Waals surface area contributed by atoms with Gasteiger partial charge in [0.05, 0.1) is 16.9 Å². The van der Waals surface area contributed by atoms with E-state index in [4.69, 9.17) is 22.4 Å². The average Bonchev–Trinajstić information content (AvgIpc) is 2.45. The molecule has 2 aromatic carbocycles. The first-order valence-electron chi connectivity index (χ1n) is 6.63. The maximum atomic E-state index is 10.9. The van der Waals surface area contributed by atoms with Crippen LogP contribution in [0, 0.1) is 0 Å². The van der Waals surface area contributed by atoms with E-state index in [0.29, 0.717) is 17.3 Å². The van der Waals surface area contributed by atoms with Crippen molar-refractivity contribution in [3.63, 3.8) is 0 Å². The van der Waals surface area contributed by atoms with E-state index in [0.717, 1.165) is 17.8 Å². The van der Waals surface area contributed by atoms with Gasteiger partial charge in [-0.25, -0.2) is 4.79 Å². The summed E-state index contributed by atoms with van der Waals surface area (Å²) < 4.78 is 0. The van der Waals surface area contributed by atoms with E-state index in [1.165, 1.54) is 6.07 Å². The molecule has 0 aromatic heterocycles. The molecule has 110 valence electrons. The number of nitrogens with two attached hydrogens (primary N) is 1. The first-order valence-corrected chi connectivity index (χ1v) is 7.01. The highest BCUT2D eigenvalue weighted by atomic mass is 35.5. The highest BCUT2D eigenvalue weighted by Gasteiger charge is 2.12. The van der Waals surface area contributed by atoms with Gasteiger partial charge in [-0.2, -0.15) is 0 Å². The van der Waals surface area contributed by atoms with Crippen molar-refractivity contribution in [3.05, 3.63) is 58.6 Å². The van der Waals surface area contributed by atoms with E-state index in [9.17, 15) is 4.79 Å². The number of nitrogens with zero attached hydrogens (tertiary/aromatic N) is 1. The predicted molar refractivity (Wildman–Crippen MR) is 86.0 cm³/mol. The van der Waals surface area contributed by atoms with Crippen molar-refractivity contribution in [2.45, 2.75) is 13.5 Å². The highest BCUT2D eigenvalue weighted by Crippen LogP contribution is 2.26. The van der Waals surface area contributed by atoms with Gasteiger partial charge >= 0.3 is 5.97 Å². The van der Waals surface area contributed by atoms with Crippen LogP contribution in [0.25, 0.3) is 0 Å². The Bertz CT molecular complexity index is 658. The lowest BCUT2D eigenvalue weighted by atomic mass is 10.1. The Balaban J connectivity index is 2.27. The Morgan fingerprint density at radius 3 is 2.62 bits per heavy atom. The van der Waals surface area contributed by atoms with Crippen molar-refractivity contribution < 1.29 is 9.90 Å². The zero-order valence-corrected chi connectivity index (χ0v) is 12.5. The number of anilines is 2. The molecule has 5 heteroatoms. The number of nitrogen functional groups attached to an aromatic ring is 1. The van der Waals surface area contributed by atoms with Crippen molar-refractivity contribution in [1.82, 2.24) is 0 Å². The molecule has 2 aromatic rings. The molecule has 21 heavy (non-hydrogen) atoms. The minimum atomic E-state index is -0.980. The fraction of sp³-hybridized carbons (Fsp3) is 0.188. The number of carboxylic acids is 1. The van der Waals surface area contributed by atoms with Gasteiger partial charge in [0.1, 0.15) is 0 Å². The summed E-state index contributed by atoms with van der Waals surface area (Å²) >= 11 is 6.00. The fourth-order valence-corrected chi connectivity index (χ4v) is 2.41. The molecule has 0 saturated heterocycles. The molecule has 0 fully saturated rings. The maximum Gasteiger partial charge on any atom is 0.335 e. The van der Waals surface area contributed by atoms with Gasteiger partial charge in [-0.05, 0) is 42.8 Å². The topological polar surface area (TPSA) is 66.6 Å². The molecule has 0 heterocycles. The van der Waals surface area contributed by atoms with Crippen molar-refractivity contribution in [3.8, 4) is 0 Å². The monoisotopic (exact) mass is 304 g/mol. The summed E-state index contributed by atoms with van der Waals surface area (Å²) in [5.41, 5.74) is 8.53. The molecule has 4 nitrogen and oxygen atoms in total. The molecule has 0 atom stereocenters. The van der Waals surface area contributed by atoms with E-state index in [1.807, 2.05) is 31.2 Å². The number of aromatic carboxylic acids is 1. The van der Waals surface area contributed by atoms with E-state index in [-0.39, 0.29) is 5.56 Å². The summed E-state index contributed by atoms with van der Waals surface area (Å²) in [7, 11) is 0. The fourth-order valence-electron chi connectivity index (χ4n) is 2.20. The van der Waals surface area contributed by atoms with Crippen LogP contribution in [0.4, 0.5) is 11.4 Å². The lowest BCUT2D eigenvalue weighted by Crippen LogP contribution is -2.23. The van der Waals surface area contributed by atoms with Crippen molar-refractivity contribution >= 4 is 28.9 Å². The number of carboxylic acid groups (broad SMARTS) is 1. The second-order valence-electron chi connectivity index (χ2n) is 4.72. The smallest absolute Gasteiger partial charge is 0.335 e. The Morgan fingerprint density at radius 1 is 1.29 bits per heavy atom. The lowest BCUT2D eigenvalue weighted by molar-refractivity contribution is 0.0697. The molecule has 0 aliphatic carbocycles. The summed E-state index contributed by atoms with van der Waals surface area (Å²) in [6.45, 7) is 3.44. The zero-order chi connectivity index (χ0) is 15.4. The van der Waals surface area contributed by atoms with Gasteiger partial charge in [0.25, 0.3) is 0 Å². The Morgan fingerprint density at radius 2 is 2.05 bits per heavy atom. The zero-order valence-electron chi connectivity index (χ0n) is 11.7. The second-order valence-corrected chi connectivity index (χ2v) is 5.16. The number of rotatable bonds is 5. The standard InChI is InChI=1S/C16H17ClN2O2/c1-2-19(10-11-4-3-5-13(17)8-11)15-7-6-12(16(20)21)9-14(15)18/h3-9H,2,10,18H2,1H3,(H,20,21). The molecule has 0 unspecified atom stereocenters. The summed E-state index contributed by atoms with van der Waals surface area (Å²) in [6, 6.07) is 12.4. The van der Waals surface area contributed by atoms with Crippen LogP contribution in [0.5, 0.6) is 0 Å². The predicted octanol–water partition coefficient (Wildman–Crippen LogP) is 3.65. The van der Waals surface area contributed by atoms with E-state index < -0.39 is 5.97 Å². The third-order valence-electron chi connectivity index (χ3n) is 3.26. The number of halogens is 1. The molecule has 0 aliphatic rings. The quantitative estimate of drug-likeness (QED) is 0.828. The van der Waals surface area contributed by atoms with Crippen molar-refractivity contribution in [1.29, 1.82) is 0 Å². The van der Waals surface area contributed by atoms with Crippen molar-refractivity contribution in [2.75, 3.05) is 17.2 Å². The van der Waals surface area contributed by atoms with Crippen LogP contribution in [-0.4, -0.2) is 17.6 Å². The van der Waals surface area contributed by atoms with Gasteiger partial charge in [0.2, 0.25) is 0 Å². The maximum absolute atomic E-state index is 10.9. The van der Waals surface area contributed by atoms with Crippen LogP contribution in [0.15, 0.2) is 42.5 Å². The molecule has 0 bridgehead atoms. The SMILES string of the molecule is CCN(Cc1cccc(Cl)c1)c1ccc(C(=O)O)cc1N. The average molecular weight is 305 g/mol. The third-order valence-corrected chi connectivity index (χ3v) is 3.49. The number of hydrogen-bond donors (Lipinski definition) is 2. The first kappa shape index (κ1) is 15.2. The molecule has 0 radical (unpaired) electrons. The number of carbonyl (C=O) groups is 1. The van der Waals surface area contributed by atoms with Gasteiger partial charge in [-0.1, -0.05) is 23.7 Å². The van der Waals surface area contributed by atoms with Gasteiger partial charge in [0.15, 0.2) is 0 Å². The van der Waals surface area contributed by atoms with E-state index in [2.05, 4.69) is 4.90 Å². The van der Waals surface area contributed by atoms with Crippen LogP contribution in [0.1, 0.15) is 22.8 Å². The summed E-state index contributed by atoms with van der Waals surface area (Å²) in [5, 5.41) is 9.67. The molecule has 0 aliphatic heterocycles. The minimum absolute atomic E-state index is 0.190. The molecular formula is C16H17ClN2O2. The van der Waals surface area contributed by atoms with Gasteiger partial charge < -0.3 is 15.7 Å². The lowest BCUT2D eigenvalue weighted by Gasteiger charge is -2.25. The molecule has 0 spiro atoms. The molecule has 0 saturated carbocycles. The largest absolute Gasteiger partial charge is 0.478 e. The Kier molecular flexibility index (Phi) is 4.70. The van der Waals surface area contributed by atoms with Crippen LogP contribution >= 0.6 is 11.6 Å². The summed E-state index contributed by atoms with van der Waals surface area (Å²) in [6.07, 6.45) is 0. The van der Waals surface area contributed by atoms with Crippen LogP contribution in [-0.2, 0) is 6.54 Å². The molecule has 3 N–H and O–H groups in total. The van der Waals surface area contributed by atoms with E-state index in [1.54, 1.807) is 12.1 Å². The normalized spacial score (nSPS) is 10.4. The molecular weight excluding hydrogens is 288 g/mol. The van der Waals surface area contributed by atoms with Gasteiger partial charge in [-0.15, -0.1) is 0 Å². The van der Waals surface area contributed by atoms with E-state index >= 15 is 0 Å². The van der Waals surface area contributed by atoms with Crippen molar-refractivity contribution in [2.24, 2.45) is 0 Å². The number of hydrogen-bond acceptors (Lipinski definition) is 3. The Hall–Kier alpha value is -2.20. The van der Waals surface area contributed by atoms with Crippen LogP contribution < -0.4 is 10.6 Å². The summed E-state index contributed by atoms with van der Waals surface area (Å²) in [5.74, 6) is -0.980.